The van der Waals surface area contributed by atoms with Crippen LogP contribution in [0, 0.1) is 12.8 Å². The molecule has 2 aliphatic heterocycles. The largest absolute Gasteiger partial charge is 0.384 e. The van der Waals surface area contributed by atoms with Crippen molar-refractivity contribution in [2.75, 3.05) is 25.0 Å². The molecule has 36 heavy (non-hydrogen) atoms. The number of nitrogens with one attached hydrogen (secondary N) is 2. The molecule has 0 aromatic carbocycles. The van der Waals surface area contributed by atoms with Crippen LogP contribution in [0.25, 0.3) is 5.82 Å². The SMILES string of the molecule is C=C(C1=CCNC2=C1C=C(Nc1nccc(-n3cc(CN4CCCCCC4)c(C)n3)n1)CC2)C1CC1. The maximum Gasteiger partial charge on any atom is 0.228 e. The second kappa shape index (κ2) is 10.1. The fourth-order valence-electron chi connectivity index (χ4n) is 5.58. The lowest BCUT2D eigenvalue weighted by Gasteiger charge is -2.27. The highest BCUT2D eigenvalue weighted by atomic mass is 15.3. The summed E-state index contributed by atoms with van der Waals surface area (Å²) in [6.07, 6.45) is 18.3. The summed E-state index contributed by atoms with van der Waals surface area (Å²) in [6.45, 7) is 10.7. The number of nitrogens with zero attached hydrogens (tertiary/aromatic N) is 5. The third kappa shape index (κ3) is 5.03. The van der Waals surface area contributed by atoms with Gasteiger partial charge in [0.05, 0.1) is 5.69 Å². The van der Waals surface area contributed by atoms with Gasteiger partial charge in [0.2, 0.25) is 5.95 Å². The van der Waals surface area contributed by atoms with Crippen LogP contribution in [-0.4, -0.2) is 44.3 Å². The smallest absolute Gasteiger partial charge is 0.228 e. The minimum absolute atomic E-state index is 0.611. The van der Waals surface area contributed by atoms with E-state index in [1.165, 1.54) is 79.6 Å². The Labute approximate surface area is 214 Å². The van der Waals surface area contributed by atoms with Gasteiger partial charge in [-0.05, 0) is 81.7 Å². The van der Waals surface area contributed by atoms with Crippen molar-refractivity contribution in [1.82, 2.24) is 30.0 Å². The van der Waals surface area contributed by atoms with Gasteiger partial charge in [-0.1, -0.05) is 25.5 Å². The van der Waals surface area contributed by atoms with Gasteiger partial charge in [-0.15, -0.1) is 0 Å². The van der Waals surface area contributed by atoms with E-state index in [1.807, 2.05) is 16.9 Å². The third-order valence-corrected chi connectivity index (χ3v) is 7.86. The molecule has 2 aromatic heterocycles. The number of aryl methyl sites for hydroxylation is 1. The van der Waals surface area contributed by atoms with Gasteiger partial charge in [0.25, 0.3) is 0 Å². The molecular formula is C29H37N7. The molecule has 7 heteroatoms. The van der Waals surface area contributed by atoms with E-state index in [0.717, 1.165) is 43.1 Å². The van der Waals surface area contributed by atoms with Crippen LogP contribution in [0.15, 0.2) is 65.3 Å². The van der Waals surface area contributed by atoms with E-state index in [-0.39, 0.29) is 0 Å². The Balaban J connectivity index is 1.18. The summed E-state index contributed by atoms with van der Waals surface area (Å²) in [5.74, 6) is 2.06. The molecule has 4 aliphatic rings. The number of likely N-dealkylation sites (tertiary alicyclic amines) is 1. The number of anilines is 1. The van der Waals surface area contributed by atoms with Crippen LogP contribution in [0.5, 0.6) is 0 Å². The summed E-state index contributed by atoms with van der Waals surface area (Å²) in [4.78, 5) is 11.9. The lowest BCUT2D eigenvalue weighted by molar-refractivity contribution is 0.276. The maximum atomic E-state index is 4.81. The first-order valence-electron chi connectivity index (χ1n) is 13.6. The number of rotatable bonds is 7. The van der Waals surface area contributed by atoms with Crippen LogP contribution in [0.2, 0.25) is 0 Å². The molecule has 0 amide bonds. The maximum absolute atomic E-state index is 4.81. The molecule has 4 heterocycles. The van der Waals surface area contributed by atoms with E-state index in [2.05, 4.69) is 52.4 Å². The fraction of sp³-hybridized carbons (Fsp3) is 0.483. The Morgan fingerprint density at radius 2 is 2.00 bits per heavy atom. The Kier molecular flexibility index (Phi) is 6.48. The van der Waals surface area contributed by atoms with E-state index in [9.17, 15) is 0 Å². The van der Waals surface area contributed by atoms with Gasteiger partial charge in [-0.25, -0.2) is 9.67 Å². The summed E-state index contributed by atoms with van der Waals surface area (Å²) in [5.41, 5.74) is 8.72. The highest BCUT2D eigenvalue weighted by Gasteiger charge is 2.30. The minimum atomic E-state index is 0.611. The molecule has 2 aromatic rings. The summed E-state index contributed by atoms with van der Waals surface area (Å²) < 4.78 is 1.90. The number of allylic oxidation sites excluding steroid dienone is 6. The molecule has 0 bridgehead atoms. The zero-order valence-electron chi connectivity index (χ0n) is 21.4. The van der Waals surface area contributed by atoms with E-state index in [1.54, 1.807) is 0 Å². The molecule has 2 aliphatic carbocycles. The van der Waals surface area contributed by atoms with Crippen LogP contribution in [0.3, 0.4) is 0 Å². The van der Waals surface area contributed by atoms with Crippen LogP contribution in [0.4, 0.5) is 5.95 Å². The van der Waals surface area contributed by atoms with Crippen LogP contribution < -0.4 is 10.6 Å². The fourth-order valence-corrected chi connectivity index (χ4v) is 5.58. The molecule has 188 valence electrons. The standard InChI is InChI=1S/C29H37N7/c1-20(22-7-8-22)25-11-13-30-27-10-9-24(17-26(25)27)32-29-31-14-12-28(33-29)36-19-23(21(2)34-36)18-35-15-5-3-4-6-16-35/h11-12,14,17,19,22,30H,1,3-10,13,15-16,18H2,2H3,(H,31,32,33). The van der Waals surface area contributed by atoms with E-state index >= 15 is 0 Å². The number of dihydropyridines is 1. The summed E-state index contributed by atoms with van der Waals surface area (Å²) >= 11 is 0. The molecule has 1 saturated carbocycles. The highest BCUT2D eigenvalue weighted by Crippen LogP contribution is 2.43. The molecule has 2 N–H and O–H groups in total. The predicted molar refractivity (Wildman–Crippen MR) is 144 cm³/mol. The molecule has 0 radical (unpaired) electrons. The summed E-state index contributed by atoms with van der Waals surface area (Å²) in [5, 5.41) is 11.8. The molecule has 7 nitrogen and oxygen atoms in total. The highest BCUT2D eigenvalue weighted by molar-refractivity contribution is 5.59. The van der Waals surface area contributed by atoms with Crippen molar-refractivity contribution in [3.8, 4) is 5.82 Å². The van der Waals surface area contributed by atoms with Crippen LogP contribution >= 0.6 is 0 Å². The van der Waals surface area contributed by atoms with E-state index < -0.39 is 0 Å². The molecule has 2 fully saturated rings. The summed E-state index contributed by atoms with van der Waals surface area (Å²) in [6, 6.07) is 1.93. The van der Waals surface area contributed by atoms with Crippen molar-refractivity contribution >= 4 is 5.95 Å². The first-order chi connectivity index (χ1) is 17.6. The zero-order chi connectivity index (χ0) is 24.5. The number of aromatic nitrogens is 4. The van der Waals surface area contributed by atoms with Gasteiger partial charge in [0, 0.05) is 54.1 Å². The lowest BCUT2D eigenvalue weighted by atomic mass is 9.87. The van der Waals surface area contributed by atoms with Gasteiger partial charge >= 0.3 is 0 Å². The average molecular weight is 484 g/mol. The van der Waals surface area contributed by atoms with Gasteiger partial charge in [0.1, 0.15) is 0 Å². The Morgan fingerprint density at radius 1 is 1.17 bits per heavy atom. The van der Waals surface area contributed by atoms with Crippen molar-refractivity contribution in [3.63, 3.8) is 0 Å². The zero-order valence-corrected chi connectivity index (χ0v) is 21.4. The Bertz CT molecular complexity index is 1240. The van der Waals surface area contributed by atoms with E-state index in [0.29, 0.717) is 11.9 Å². The van der Waals surface area contributed by atoms with Crippen molar-refractivity contribution < 1.29 is 0 Å². The normalized spacial score (nSPS) is 20.7. The Morgan fingerprint density at radius 3 is 2.81 bits per heavy atom. The number of hydrogen-bond acceptors (Lipinski definition) is 6. The minimum Gasteiger partial charge on any atom is -0.384 e. The van der Waals surface area contributed by atoms with Crippen molar-refractivity contribution in [2.24, 2.45) is 5.92 Å². The quantitative estimate of drug-likeness (QED) is 0.565. The monoisotopic (exact) mass is 483 g/mol. The first kappa shape index (κ1) is 23.2. The topological polar surface area (TPSA) is 70.9 Å². The van der Waals surface area contributed by atoms with Gasteiger partial charge in [-0.2, -0.15) is 10.1 Å². The van der Waals surface area contributed by atoms with E-state index in [4.69, 9.17) is 10.1 Å². The van der Waals surface area contributed by atoms with Crippen molar-refractivity contribution in [3.05, 3.63) is 76.6 Å². The average Bonchev–Trinajstić information content (AvgIpc) is 3.71. The lowest BCUT2D eigenvalue weighted by Crippen LogP contribution is -2.24. The van der Waals surface area contributed by atoms with Crippen molar-refractivity contribution in [2.45, 2.75) is 64.8 Å². The summed E-state index contributed by atoms with van der Waals surface area (Å²) in [7, 11) is 0. The Hall–Kier alpha value is -3.19. The molecule has 6 rings (SSSR count). The van der Waals surface area contributed by atoms with Gasteiger partial charge in [0.15, 0.2) is 5.82 Å². The third-order valence-electron chi connectivity index (χ3n) is 7.86. The molecule has 0 spiro atoms. The molecule has 0 atom stereocenters. The van der Waals surface area contributed by atoms with Crippen LogP contribution in [-0.2, 0) is 6.54 Å². The predicted octanol–water partition coefficient (Wildman–Crippen LogP) is 5.19. The second-order valence-electron chi connectivity index (χ2n) is 10.6. The molecular weight excluding hydrogens is 446 g/mol. The molecule has 0 unspecified atom stereocenters. The molecule has 1 saturated heterocycles. The van der Waals surface area contributed by atoms with Gasteiger partial charge < -0.3 is 10.6 Å². The first-order valence-corrected chi connectivity index (χ1v) is 13.6. The van der Waals surface area contributed by atoms with Gasteiger partial charge in [-0.3, -0.25) is 4.90 Å². The van der Waals surface area contributed by atoms with Crippen molar-refractivity contribution in [1.29, 1.82) is 0 Å². The second-order valence-corrected chi connectivity index (χ2v) is 10.6. The number of hydrogen-bond donors (Lipinski definition) is 2. The van der Waals surface area contributed by atoms with Crippen LogP contribution in [0.1, 0.15) is 62.6 Å².